The minimum atomic E-state index is -0.558. The number of benzene rings is 1. The molecule has 22 heavy (non-hydrogen) atoms. The molecule has 0 fully saturated rings. The Labute approximate surface area is 129 Å². The summed E-state index contributed by atoms with van der Waals surface area (Å²) in [6.45, 7) is 0.706. The zero-order chi connectivity index (χ0) is 16.1. The van der Waals surface area contributed by atoms with Crippen molar-refractivity contribution in [1.29, 1.82) is 0 Å². The van der Waals surface area contributed by atoms with E-state index in [-0.39, 0.29) is 11.8 Å². The van der Waals surface area contributed by atoms with Gasteiger partial charge in [0.05, 0.1) is 11.7 Å². The Morgan fingerprint density at radius 2 is 2.14 bits per heavy atom. The fraction of sp³-hybridized carbons (Fsp3) is 0.400. The second-order valence-electron chi connectivity index (χ2n) is 5.40. The largest absolute Gasteiger partial charge is 0.357 e. The number of nitrogens with zero attached hydrogens (tertiary/aromatic N) is 2. The lowest BCUT2D eigenvalue weighted by atomic mass is 10.1. The first kappa shape index (κ1) is 16.0. The number of hydrogen-bond donors (Lipinski definition) is 3. The van der Waals surface area contributed by atoms with E-state index in [2.05, 4.69) is 20.8 Å². The van der Waals surface area contributed by atoms with Crippen molar-refractivity contribution >= 4 is 22.7 Å². The van der Waals surface area contributed by atoms with Crippen molar-refractivity contribution in [3.63, 3.8) is 0 Å². The first-order valence-corrected chi connectivity index (χ1v) is 7.11. The highest BCUT2D eigenvalue weighted by Gasteiger charge is 2.20. The second kappa shape index (κ2) is 7.04. The molecule has 1 aromatic heterocycles. The number of carbonyl (C=O) groups excluding carboxylic acids is 2. The first-order valence-electron chi connectivity index (χ1n) is 7.11. The number of amides is 2. The van der Waals surface area contributed by atoms with Gasteiger partial charge < -0.3 is 15.5 Å². The lowest BCUT2D eigenvalue weighted by Crippen LogP contribution is -2.47. The van der Waals surface area contributed by atoms with Gasteiger partial charge in [-0.15, -0.1) is 0 Å². The van der Waals surface area contributed by atoms with E-state index in [1.165, 1.54) is 0 Å². The molecule has 7 heteroatoms. The number of aromatic amines is 1. The fourth-order valence-electron chi connectivity index (χ4n) is 2.15. The number of aromatic nitrogens is 2. The van der Waals surface area contributed by atoms with Crippen molar-refractivity contribution in [2.75, 3.05) is 27.7 Å². The smallest absolute Gasteiger partial charge is 0.252 e. The molecule has 2 aromatic rings. The van der Waals surface area contributed by atoms with E-state index in [4.69, 9.17) is 0 Å². The Morgan fingerprint density at radius 1 is 1.36 bits per heavy atom. The molecule has 2 rings (SSSR count). The Bertz CT molecular complexity index is 665. The minimum Gasteiger partial charge on any atom is -0.357 e. The van der Waals surface area contributed by atoms with Crippen LogP contribution in [0.15, 0.2) is 24.4 Å². The van der Waals surface area contributed by atoms with Crippen LogP contribution in [-0.2, 0) is 4.79 Å². The summed E-state index contributed by atoms with van der Waals surface area (Å²) in [6.07, 6.45) is 2.24. The summed E-state index contributed by atoms with van der Waals surface area (Å²) in [6, 6.07) is 4.71. The van der Waals surface area contributed by atoms with Crippen LogP contribution < -0.4 is 10.6 Å². The van der Waals surface area contributed by atoms with Crippen LogP contribution in [0.4, 0.5) is 0 Å². The van der Waals surface area contributed by atoms with Gasteiger partial charge in [0.25, 0.3) is 5.91 Å². The molecule has 0 aliphatic heterocycles. The number of H-pyrrole nitrogens is 1. The molecule has 0 aliphatic rings. The maximum Gasteiger partial charge on any atom is 0.252 e. The van der Waals surface area contributed by atoms with Crippen LogP contribution in [0.5, 0.6) is 0 Å². The summed E-state index contributed by atoms with van der Waals surface area (Å²) in [5.74, 6) is -0.471. The quantitative estimate of drug-likeness (QED) is 0.719. The molecular weight excluding hydrogens is 282 g/mol. The number of fused-ring (bicyclic) bond motifs is 1. The monoisotopic (exact) mass is 303 g/mol. The van der Waals surface area contributed by atoms with Gasteiger partial charge in [-0.05, 0) is 39.2 Å². The van der Waals surface area contributed by atoms with Crippen molar-refractivity contribution in [3.8, 4) is 0 Å². The number of likely N-dealkylation sites (N-methyl/N-ethyl adjacent to an activating group) is 1. The molecule has 7 nitrogen and oxygen atoms in total. The van der Waals surface area contributed by atoms with E-state index >= 15 is 0 Å². The van der Waals surface area contributed by atoms with Gasteiger partial charge in [-0.2, -0.15) is 5.10 Å². The topological polar surface area (TPSA) is 90.1 Å². The van der Waals surface area contributed by atoms with E-state index < -0.39 is 6.04 Å². The third-order valence-corrected chi connectivity index (χ3v) is 3.44. The van der Waals surface area contributed by atoms with Gasteiger partial charge in [-0.1, -0.05) is 6.07 Å². The van der Waals surface area contributed by atoms with Crippen molar-refractivity contribution in [3.05, 3.63) is 30.0 Å². The molecular formula is C15H21N5O2. The lowest BCUT2D eigenvalue weighted by molar-refractivity contribution is -0.122. The van der Waals surface area contributed by atoms with Gasteiger partial charge in [0.1, 0.15) is 6.04 Å². The van der Waals surface area contributed by atoms with Gasteiger partial charge >= 0.3 is 0 Å². The van der Waals surface area contributed by atoms with Crippen molar-refractivity contribution in [1.82, 2.24) is 25.7 Å². The molecule has 0 radical (unpaired) electrons. The summed E-state index contributed by atoms with van der Waals surface area (Å²) in [5.41, 5.74) is 1.29. The standard InChI is InChI=1S/C15H21N5O2/c1-16-15(22)12(6-7-20(2)3)18-14(21)10-4-5-11-9-17-19-13(11)8-10/h4-5,8-9,12H,6-7H2,1-3H3,(H,16,22)(H,17,19)(H,18,21). The van der Waals surface area contributed by atoms with Crippen LogP contribution in [0.1, 0.15) is 16.8 Å². The molecule has 1 aromatic carbocycles. The van der Waals surface area contributed by atoms with Gasteiger partial charge in [-0.3, -0.25) is 14.7 Å². The van der Waals surface area contributed by atoms with Gasteiger partial charge in [0.2, 0.25) is 5.91 Å². The highest BCUT2D eigenvalue weighted by molar-refractivity contribution is 6.00. The third-order valence-electron chi connectivity index (χ3n) is 3.44. The molecule has 0 saturated carbocycles. The normalized spacial score (nSPS) is 12.4. The zero-order valence-electron chi connectivity index (χ0n) is 13.0. The molecule has 1 unspecified atom stereocenters. The van der Waals surface area contributed by atoms with Crippen LogP contribution >= 0.6 is 0 Å². The predicted octanol–water partition coefficient (Wildman–Crippen LogP) is 0.359. The Balaban J connectivity index is 2.10. The summed E-state index contributed by atoms with van der Waals surface area (Å²) < 4.78 is 0. The highest BCUT2D eigenvalue weighted by atomic mass is 16.2. The highest BCUT2D eigenvalue weighted by Crippen LogP contribution is 2.13. The van der Waals surface area contributed by atoms with Gasteiger partial charge in [0, 0.05) is 18.0 Å². The van der Waals surface area contributed by atoms with E-state index in [9.17, 15) is 9.59 Å². The number of rotatable bonds is 6. The third kappa shape index (κ3) is 3.82. The number of nitrogens with one attached hydrogen (secondary N) is 3. The average Bonchev–Trinajstić information content (AvgIpc) is 2.97. The predicted molar refractivity (Wildman–Crippen MR) is 84.6 cm³/mol. The molecule has 3 N–H and O–H groups in total. The van der Waals surface area contributed by atoms with Gasteiger partial charge in [-0.25, -0.2) is 0 Å². The molecule has 0 spiro atoms. The Morgan fingerprint density at radius 3 is 2.82 bits per heavy atom. The van der Waals surface area contributed by atoms with Crippen molar-refractivity contribution in [2.24, 2.45) is 0 Å². The maximum atomic E-state index is 12.3. The average molecular weight is 303 g/mol. The fourth-order valence-corrected chi connectivity index (χ4v) is 2.15. The molecule has 0 saturated heterocycles. The summed E-state index contributed by atoms with van der Waals surface area (Å²) in [7, 11) is 5.41. The molecule has 118 valence electrons. The number of hydrogen-bond acceptors (Lipinski definition) is 4. The van der Waals surface area contributed by atoms with Gasteiger partial charge in [0.15, 0.2) is 0 Å². The molecule has 0 aliphatic carbocycles. The van der Waals surface area contributed by atoms with Crippen LogP contribution in [-0.4, -0.2) is 60.6 Å². The van der Waals surface area contributed by atoms with Crippen molar-refractivity contribution < 1.29 is 9.59 Å². The second-order valence-corrected chi connectivity index (χ2v) is 5.40. The van der Waals surface area contributed by atoms with E-state index in [0.717, 1.165) is 10.9 Å². The summed E-state index contributed by atoms with van der Waals surface area (Å²) >= 11 is 0. The SMILES string of the molecule is CNC(=O)C(CCN(C)C)NC(=O)c1ccc2cn[nH]c2c1. The van der Waals surface area contributed by atoms with E-state index in [1.807, 2.05) is 25.1 Å². The van der Waals surface area contributed by atoms with E-state index in [1.54, 1.807) is 25.4 Å². The minimum absolute atomic E-state index is 0.196. The van der Waals surface area contributed by atoms with Crippen LogP contribution in [0.25, 0.3) is 10.9 Å². The Kier molecular flexibility index (Phi) is 5.11. The van der Waals surface area contributed by atoms with E-state index in [0.29, 0.717) is 18.5 Å². The zero-order valence-corrected chi connectivity index (χ0v) is 13.0. The van der Waals surface area contributed by atoms with Crippen LogP contribution in [0.2, 0.25) is 0 Å². The molecule has 2 amide bonds. The lowest BCUT2D eigenvalue weighted by Gasteiger charge is -2.19. The van der Waals surface area contributed by atoms with Crippen LogP contribution in [0, 0.1) is 0 Å². The summed E-state index contributed by atoms with van der Waals surface area (Å²) in [4.78, 5) is 26.2. The summed E-state index contributed by atoms with van der Waals surface area (Å²) in [5, 5.41) is 13.1. The van der Waals surface area contributed by atoms with Crippen LogP contribution in [0.3, 0.4) is 0 Å². The Hall–Kier alpha value is -2.41. The molecule has 0 bridgehead atoms. The number of carbonyl (C=O) groups is 2. The molecule has 1 heterocycles. The van der Waals surface area contributed by atoms with Crippen molar-refractivity contribution in [2.45, 2.75) is 12.5 Å². The first-order chi connectivity index (χ1) is 10.5. The maximum absolute atomic E-state index is 12.3. The molecule has 1 atom stereocenters.